The van der Waals surface area contributed by atoms with Crippen LogP contribution in [0.1, 0.15) is 36.5 Å². The van der Waals surface area contributed by atoms with Crippen molar-refractivity contribution in [1.82, 2.24) is 10.2 Å². The van der Waals surface area contributed by atoms with E-state index in [0.29, 0.717) is 25.8 Å². The summed E-state index contributed by atoms with van der Waals surface area (Å²) in [6, 6.07) is 17.9. The summed E-state index contributed by atoms with van der Waals surface area (Å²) in [6.45, 7) is 4.54. The van der Waals surface area contributed by atoms with Crippen LogP contribution < -0.4 is 5.32 Å². The third kappa shape index (κ3) is 6.24. The number of carbonyl (C=O) groups excluding carboxylic acids is 2. The standard InChI is InChI=1S/C23H30N2O2/c1-4-21(23(27)24-3)25(17-16-19-8-6-5-7-9-19)22(26)15-14-20-12-10-18(2)11-13-20/h5-13,21H,4,14-17H2,1-3H3,(H,24,27). The van der Waals surface area contributed by atoms with Crippen molar-refractivity contribution < 1.29 is 9.59 Å². The lowest BCUT2D eigenvalue weighted by Gasteiger charge is -2.30. The highest BCUT2D eigenvalue weighted by Gasteiger charge is 2.27. The molecule has 0 aliphatic rings. The molecule has 4 heteroatoms. The SMILES string of the molecule is CCC(C(=O)NC)N(CCc1ccccc1)C(=O)CCc1ccc(C)cc1. The van der Waals surface area contributed by atoms with Gasteiger partial charge in [0.05, 0.1) is 0 Å². The Labute approximate surface area is 162 Å². The monoisotopic (exact) mass is 366 g/mol. The van der Waals surface area contributed by atoms with Crippen molar-refractivity contribution in [3.63, 3.8) is 0 Å². The van der Waals surface area contributed by atoms with Crippen molar-refractivity contribution in [3.8, 4) is 0 Å². The number of rotatable bonds is 9. The highest BCUT2D eigenvalue weighted by atomic mass is 16.2. The largest absolute Gasteiger partial charge is 0.357 e. The molecule has 2 aromatic rings. The Morgan fingerprint density at radius 3 is 2.19 bits per heavy atom. The van der Waals surface area contributed by atoms with Gasteiger partial charge >= 0.3 is 0 Å². The summed E-state index contributed by atoms with van der Waals surface area (Å²) < 4.78 is 0. The lowest BCUT2D eigenvalue weighted by molar-refractivity contribution is -0.140. The molecule has 0 spiro atoms. The number of nitrogens with zero attached hydrogens (tertiary/aromatic N) is 1. The van der Waals surface area contributed by atoms with Crippen LogP contribution in [0.3, 0.4) is 0 Å². The maximum Gasteiger partial charge on any atom is 0.242 e. The van der Waals surface area contributed by atoms with E-state index in [2.05, 4.69) is 48.6 Å². The highest BCUT2D eigenvalue weighted by molar-refractivity contribution is 5.87. The zero-order valence-corrected chi connectivity index (χ0v) is 16.6. The Hall–Kier alpha value is -2.62. The lowest BCUT2D eigenvalue weighted by Crippen LogP contribution is -2.49. The quantitative estimate of drug-likeness (QED) is 0.738. The third-order valence-corrected chi connectivity index (χ3v) is 4.86. The first kappa shape index (κ1) is 20.7. The number of hydrogen-bond donors (Lipinski definition) is 1. The maximum absolute atomic E-state index is 13.0. The van der Waals surface area contributed by atoms with Gasteiger partial charge in [-0.2, -0.15) is 0 Å². The first-order chi connectivity index (χ1) is 13.0. The summed E-state index contributed by atoms with van der Waals surface area (Å²) in [5.74, 6) is -0.0730. The van der Waals surface area contributed by atoms with Gasteiger partial charge in [0.1, 0.15) is 6.04 Å². The van der Waals surface area contributed by atoms with Crippen molar-refractivity contribution in [2.75, 3.05) is 13.6 Å². The van der Waals surface area contributed by atoms with Gasteiger partial charge in [-0.15, -0.1) is 0 Å². The molecule has 0 heterocycles. The predicted molar refractivity (Wildman–Crippen MR) is 110 cm³/mol. The first-order valence-electron chi connectivity index (χ1n) is 9.65. The molecule has 4 nitrogen and oxygen atoms in total. The molecule has 1 unspecified atom stereocenters. The second-order valence-corrected chi connectivity index (χ2v) is 6.85. The molecule has 0 saturated carbocycles. The molecule has 0 bridgehead atoms. The molecule has 2 amide bonds. The van der Waals surface area contributed by atoms with E-state index < -0.39 is 6.04 Å². The summed E-state index contributed by atoms with van der Waals surface area (Å²) in [4.78, 5) is 27.0. The van der Waals surface area contributed by atoms with Crippen molar-refractivity contribution >= 4 is 11.8 Å². The Morgan fingerprint density at radius 1 is 0.963 bits per heavy atom. The average Bonchev–Trinajstić information content (AvgIpc) is 2.70. The van der Waals surface area contributed by atoms with Crippen LogP contribution in [0.2, 0.25) is 0 Å². The van der Waals surface area contributed by atoms with Crippen LogP contribution in [0.25, 0.3) is 0 Å². The molecule has 1 N–H and O–H groups in total. The van der Waals surface area contributed by atoms with Crippen LogP contribution in [0, 0.1) is 6.92 Å². The molecular formula is C23H30N2O2. The van der Waals surface area contributed by atoms with Gasteiger partial charge in [0.2, 0.25) is 11.8 Å². The Morgan fingerprint density at radius 2 is 1.59 bits per heavy atom. The molecule has 0 radical (unpaired) electrons. The molecule has 2 rings (SSSR count). The molecule has 0 aromatic heterocycles. The molecular weight excluding hydrogens is 336 g/mol. The Bertz CT molecular complexity index is 726. The van der Waals surface area contributed by atoms with E-state index in [-0.39, 0.29) is 11.8 Å². The zero-order valence-electron chi connectivity index (χ0n) is 16.6. The van der Waals surface area contributed by atoms with Crippen LogP contribution in [0.5, 0.6) is 0 Å². The normalized spacial score (nSPS) is 11.7. The molecule has 0 aliphatic carbocycles. The van der Waals surface area contributed by atoms with Crippen molar-refractivity contribution in [2.45, 2.75) is 45.6 Å². The average molecular weight is 367 g/mol. The maximum atomic E-state index is 13.0. The molecule has 0 fully saturated rings. The van der Waals surface area contributed by atoms with Crippen LogP contribution >= 0.6 is 0 Å². The topological polar surface area (TPSA) is 49.4 Å². The van der Waals surface area contributed by atoms with Gasteiger partial charge in [0.25, 0.3) is 0 Å². The van der Waals surface area contributed by atoms with Crippen LogP contribution in [0.4, 0.5) is 0 Å². The fraction of sp³-hybridized carbons (Fsp3) is 0.391. The lowest BCUT2D eigenvalue weighted by atomic mass is 10.0. The van der Waals surface area contributed by atoms with Gasteiger partial charge in [-0.05, 0) is 37.3 Å². The van der Waals surface area contributed by atoms with Gasteiger partial charge in [0, 0.05) is 20.0 Å². The Balaban J connectivity index is 2.07. The molecule has 27 heavy (non-hydrogen) atoms. The van der Waals surface area contributed by atoms with E-state index in [1.807, 2.05) is 25.1 Å². The number of likely N-dealkylation sites (N-methyl/N-ethyl adjacent to an activating group) is 1. The summed E-state index contributed by atoms with van der Waals surface area (Å²) in [5.41, 5.74) is 3.52. The number of amides is 2. The van der Waals surface area contributed by atoms with Crippen LogP contribution in [-0.4, -0.2) is 36.3 Å². The number of carbonyl (C=O) groups is 2. The molecule has 0 aliphatic heterocycles. The molecule has 0 saturated heterocycles. The van der Waals surface area contributed by atoms with E-state index >= 15 is 0 Å². The molecule has 2 aromatic carbocycles. The van der Waals surface area contributed by atoms with Crippen molar-refractivity contribution in [2.24, 2.45) is 0 Å². The zero-order chi connectivity index (χ0) is 19.6. The van der Waals surface area contributed by atoms with Gasteiger partial charge in [0.15, 0.2) is 0 Å². The minimum absolute atomic E-state index is 0.0296. The first-order valence-corrected chi connectivity index (χ1v) is 9.65. The summed E-state index contributed by atoms with van der Waals surface area (Å²) in [5, 5.41) is 2.70. The molecule has 1 atom stereocenters. The number of aryl methyl sites for hydroxylation is 2. The van der Waals surface area contributed by atoms with Gasteiger partial charge in [-0.25, -0.2) is 0 Å². The fourth-order valence-electron chi connectivity index (χ4n) is 3.21. The van der Waals surface area contributed by atoms with Crippen molar-refractivity contribution in [1.29, 1.82) is 0 Å². The van der Waals surface area contributed by atoms with Gasteiger partial charge in [-0.1, -0.05) is 67.1 Å². The van der Waals surface area contributed by atoms with E-state index in [1.165, 1.54) is 11.1 Å². The third-order valence-electron chi connectivity index (χ3n) is 4.86. The number of benzene rings is 2. The summed E-state index contributed by atoms with van der Waals surface area (Å²) in [6.07, 6.45) is 2.44. The Kier molecular flexibility index (Phi) is 8.05. The van der Waals surface area contributed by atoms with Crippen molar-refractivity contribution in [3.05, 3.63) is 71.3 Å². The minimum atomic E-state index is -0.427. The fourth-order valence-corrected chi connectivity index (χ4v) is 3.21. The molecule has 144 valence electrons. The van der Waals surface area contributed by atoms with E-state index in [4.69, 9.17) is 0 Å². The smallest absolute Gasteiger partial charge is 0.242 e. The van der Waals surface area contributed by atoms with E-state index in [1.54, 1.807) is 11.9 Å². The summed E-state index contributed by atoms with van der Waals surface area (Å²) in [7, 11) is 1.62. The minimum Gasteiger partial charge on any atom is -0.357 e. The number of nitrogens with one attached hydrogen (secondary N) is 1. The predicted octanol–water partition coefficient (Wildman–Crippen LogP) is 3.52. The van der Waals surface area contributed by atoms with E-state index in [0.717, 1.165) is 12.0 Å². The second kappa shape index (κ2) is 10.5. The number of hydrogen-bond acceptors (Lipinski definition) is 2. The van der Waals surface area contributed by atoms with Crippen LogP contribution in [-0.2, 0) is 22.4 Å². The van der Waals surface area contributed by atoms with Gasteiger partial charge < -0.3 is 10.2 Å². The van der Waals surface area contributed by atoms with E-state index in [9.17, 15) is 9.59 Å². The summed E-state index contributed by atoms with van der Waals surface area (Å²) >= 11 is 0. The highest BCUT2D eigenvalue weighted by Crippen LogP contribution is 2.13. The second-order valence-electron chi connectivity index (χ2n) is 6.85. The van der Waals surface area contributed by atoms with Gasteiger partial charge in [-0.3, -0.25) is 9.59 Å². The van der Waals surface area contributed by atoms with Crippen LogP contribution in [0.15, 0.2) is 54.6 Å².